The zero-order valence-electron chi connectivity index (χ0n) is 11.0. The van der Waals surface area contributed by atoms with Crippen molar-refractivity contribution in [1.82, 2.24) is 0 Å². The van der Waals surface area contributed by atoms with Gasteiger partial charge in [-0.25, -0.2) is 0 Å². The highest BCUT2D eigenvalue weighted by Gasteiger charge is 2.08. The first kappa shape index (κ1) is 12.9. The second-order valence-electron chi connectivity index (χ2n) is 4.97. The number of aliphatic hydroxyl groups is 1. The quantitative estimate of drug-likeness (QED) is 0.874. The molecule has 1 atom stereocenters. The van der Waals surface area contributed by atoms with Gasteiger partial charge in [0.2, 0.25) is 0 Å². The number of hydrogen-bond acceptors (Lipinski definition) is 2. The molecule has 0 radical (unpaired) electrons. The van der Waals surface area contributed by atoms with E-state index in [9.17, 15) is 5.11 Å². The van der Waals surface area contributed by atoms with Crippen molar-refractivity contribution in [2.75, 3.05) is 0 Å². The maximum atomic E-state index is 10.0. The van der Waals surface area contributed by atoms with E-state index in [4.69, 9.17) is 4.42 Å². The molecule has 0 amide bonds. The summed E-state index contributed by atoms with van der Waals surface area (Å²) < 4.78 is 5.26. The maximum Gasteiger partial charge on any atom is 0.103 e. The predicted octanol–water partition coefficient (Wildman–Crippen LogP) is 3.43. The molecule has 2 nitrogen and oxygen atoms in total. The highest BCUT2D eigenvalue weighted by atomic mass is 16.3. The van der Waals surface area contributed by atoms with Crippen molar-refractivity contribution in [1.29, 1.82) is 0 Å². The Morgan fingerprint density at radius 3 is 2.50 bits per heavy atom. The first-order valence-corrected chi connectivity index (χ1v) is 6.41. The molecule has 0 aliphatic heterocycles. The summed E-state index contributed by atoms with van der Waals surface area (Å²) in [4.78, 5) is 0. The zero-order valence-corrected chi connectivity index (χ0v) is 11.0. The van der Waals surface area contributed by atoms with Crippen molar-refractivity contribution >= 4 is 0 Å². The number of hydrogen-bond donors (Lipinski definition) is 1. The van der Waals surface area contributed by atoms with Gasteiger partial charge in [0.05, 0.1) is 12.4 Å². The van der Waals surface area contributed by atoms with E-state index >= 15 is 0 Å². The molecule has 1 N–H and O–H groups in total. The van der Waals surface area contributed by atoms with Crippen LogP contribution in [0.2, 0.25) is 0 Å². The van der Waals surface area contributed by atoms with Crippen LogP contribution in [0.3, 0.4) is 0 Å². The first-order valence-electron chi connectivity index (χ1n) is 6.41. The molecule has 2 rings (SSSR count). The molecule has 1 aromatic carbocycles. The Kier molecular flexibility index (Phi) is 4.21. The van der Waals surface area contributed by atoms with Crippen LogP contribution in [0.1, 0.15) is 28.9 Å². The Balaban J connectivity index is 1.88. The van der Waals surface area contributed by atoms with Gasteiger partial charge in [-0.15, -0.1) is 0 Å². The molecule has 0 saturated heterocycles. The summed E-state index contributed by atoms with van der Waals surface area (Å²) in [7, 11) is 0. The van der Waals surface area contributed by atoms with Crippen LogP contribution >= 0.6 is 0 Å². The largest absolute Gasteiger partial charge is 0.469 e. The van der Waals surface area contributed by atoms with E-state index in [-0.39, 0.29) is 6.10 Å². The van der Waals surface area contributed by atoms with E-state index in [0.29, 0.717) is 6.42 Å². The smallest absolute Gasteiger partial charge is 0.103 e. The van der Waals surface area contributed by atoms with Gasteiger partial charge < -0.3 is 9.52 Å². The van der Waals surface area contributed by atoms with E-state index < -0.39 is 0 Å². The van der Waals surface area contributed by atoms with Gasteiger partial charge in [0, 0.05) is 6.42 Å². The normalized spacial score (nSPS) is 12.6. The van der Waals surface area contributed by atoms with Crippen molar-refractivity contribution in [3.8, 4) is 0 Å². The maximum absolute atomic E-state index is 10.0. The summed E-state index contributed by atoms with van der Waals surface area (Å²) in [5.74, 6) is 0.939. The molecule has 1 heterocycles. The SMILES string of the molecule is Cc1cc(C)cc(CC(O)CCc2ccco2)c1. The number of aliphatic hydroxyl groups excluding tert-OH is 1. The fraction of sp³-hybridized carbons (Fsp3) is 0.375. The van der Waals surface area contributed by atoms with Crippen molar-refractivity contribution in [3.63, 3.8) is 0 Å². The molecule has 0 aliphatic rings. The molecule has 1 unspecified atom stereocenters. The Bertz CT molecular complexity index is 466. The topological polar surface area (TPSA) is 33.4 Å². The highest BCUT2D eigenvalue weighted by Crippen LogP contribution is 2.13. The minimum Gasteiger partial charge on any atom is -0.469 e. The van der Waals surface area contributed by atoms with E-state index in [1.54, 1.807) is 6.26 Å². The van der Waals surface area contributed by atoms with E-state index in [0.717, 1.165) is 18.6 Å². The van der Waals surface area contributed by atoms with Gasteiger partial charge >= 0.3 is 0 Å². The molecule has 96 valence electrons. The summed E-state index contributed by atoms with van der Waals surface area (Å²) in [6.07, 6.45) is 3.60. The van der Waals surface area contributed by atoms with Crippen LogP contribution < -0.4 is 0 Å². The van der Waals surface area contributed by atoms with Crippen LogP contribution in [0, 0.1) is 13.8 Å². The second kappa shape index (κ2) is 5.87. The zero-order chi connectivity index (χ0) is 13.0. The van der Waals surface area contributed by atoms with Crippen LogP contribution in [-0.4, -0.2) is 11.2 Å². The molecule has 2 aromatic rings. The lowest BCUT2D eigenvalue weighted by Gasteiger charge is -2.11. The second-order valence-corrected chi connectivity index (χ2v) is 4.97. The average molecular weight is 244 g/mol. The molecule has 0 fully saturated rings. The Hall–Kier alpha value is -1.54. The molecule has 18 heavy (non-hydrogen) atoms. The van der Waals surface area contributed by atoms with Gasteiger partial charge in [0.25, 0.3) is 0 Å². The van der Waals surface area contributed by atoms with Gasteiger partial charge in [0.15, 0.2) is 0 Å². The van der Waals surface area contributed by atoms with Crippen LogP contribution in [0.4, 0.5) is 0 Å². The predicted molar refractivity (Wildman–Crippen MR) is 72.7 cm³/mol. The molecule has 0 spiro atoms. The van der Waals surface area contributed by atoms with E-state index in [1.165, 1.54) is 16.7 Å². The summed E-state index contributed by atoms with van der Waals surface area (Å²) in [5, 5.41) is 10.0. The van der Waals surface area contributed by atoms with Gasteiger partial charge in [-0.1, -0.05) is 29.3 Å². The number of aryl methyl sites for hydroxylation is 3. The van der Waals surface area contributed by atoms with E-state index in [1.807, 2.05) is 12.1 Å². The summed E-state index contributed by atoms with van der Waals surface area (Å²) in [5.41, 5.74) is 3.71. The van der Waals surface area contributed by atoms with Gasteiger partial charge in [-0.05, 0) is 44.4 Å². The summed E-state index contributed by atoms with van der Waals surface area (Å²) >= 11 is 0. The van der Waals surface area contributed by atoms with Gasteiger partial charge in [-0.2, -0.15) is 0 Å². The van der Waals surface area contributed by atoms with E-state index in [2.05, 4.69) is 32.0 Å². The monoisotopic (exact) mass is 244 g/mol. The minimum atomic E-state index is -0.309. The lowest BCUT2D eigenvalue weighted by atomic mass is 10.00. The van der Waals surface area contributed by atoms with Gasteiger partial charge in [0.1, 0.15) is 5.76 Å². The number of furan rings is 1. The molecule has 0 bridgehead atoms. The molecule has 0 aliphatic carbocycles. The molecule has 2 heteroatoms. The summed E-state index contributed by atoms with van der Waals surface area (Å²) in [6.45, 7) is 4.18. The van der Waals surface area contributed by atoms with Gasteiger partial charge in [-0.3, -0.25) is 0 Å². The van der Waals surface area contributed by atoms with Crippen LogP contribution in [0.5, 0.6) is 0 Å². The van der Waals surface area contributed by atoms with Crippen molar-refractivity contribution < 1.29 is 9.52 Å². The molecule has 1 aromatic heterocycles. The van der Waals surface area contributed by atoms with Crippen molar-refractivity contribution in [3.05, 3.63) is 59.0 Å². The van der Waals surface area contributed by atoms with Crippen molar-refractivity contribution in [2.24, 2.45) is 0 Å². The third-order valence-electron chi connectivity index (χ3n) is 3.06. The Morgan fingerprint density at radius 2 is 1.89 bits per heavy atom. The molecule has 0 saturated carbocycles. The third-order valence-corrected chi connectivity index (χ3v) is 3.06. The lowest BCUT2D eigenvalue weighted by Crippen LogP contribution is -2.11. The standard InChI is InChI=1S/C16H20O2/c1-12-8-13(2)10-14(9-12)11-15(17)5-6-16-4-3-7-18-16/h3-4,7-10,15,17H,5-6,11H2,1-2H3. The average Bonchev–Trinajstić information content (AvgIpc) is 2.77. The Morgan fingerprint density at radius 1 is 1.17 bits per heavy atom. The summed E-state index contributed by atoms with van der Waals surface area (Å²) in [6, 6.07) is 10.3. The number of rotatable bonds is 5. The third kappa shape index (κ3) is 3.74. The minimum absolute atomic E-state index is 0.309. The lowest BCUT2D eigenvalue weighted by molar-refractivity contribution is 0.163. The fourth-order valence-electron chi connectivity index (χ4n) is 2.32. The fourth-order valence-corrected chi connectivity index (χ4v) is 2.32. The molecular weight excluding hydrogens is 224 g/mol. The van der Waals surface area contributed by atoms with Crippen LogP contribution in [-0.2, 0) is 12.8 Å². The Labute approximate surface area is 108 Å². The number of benzene rings is 1. The van der Waals surface area contributed by atoms with Crippen LogP contribution in [0.25, 0.3) is 0 Å². The first-order chi connectivity index (χ1) is 8.63. The van der Waals surface area contributed by atoms with Crippen LogP contribution in [0.15, 0.2) is 41.0 Å². The van der Waals surface area contributed by atoms with Crippen molar-refractivity contribution in [2.45, 2.75) is 39.2 Å². The highest BCUT2D eigenvalue weighted by molar-refractivity contribution is 5.28. The molecular formula is C16H20O2.